The average molecular weight is 339 g/mol. The Balaban J connectivity index is 2.74. The maximum atomic E-state index is 11.8. The largest absolute Gasteiger partial charge is 0.460 e. The Hall–Kier alpha value is -0.640. The van der Waals surface area contributed by atoms with Crippen LogP contribution in [0.4, 0.5) is 5.69 Å². The molecule has 1 N–H and O–H groups in total. The Morgan fingerprint density at radius 2 is 1.80 bits per heavy atom. The van der Waals surface area contributed by atoms with Crippen LogP contribution in [-0.4, -0.2) is 22.4 Å². The Labute approximate surface area is 134 Å². The van der Waals surface area contributed by atoms with E-state index in [-0.39, 0.29) is 6.61 Å². The highest BCUT2D eigenvalue weighted by Crippen LogP contribution is 2.27. The van der Waals surface area contributed by atoms with Gasteiger partial charge in [0.25, 0.3) is 0 Å². The summed E-state index contributed by atoms with van der Waals surface area (Å²) in [7, 11) is 0. The van der Waals surface area contributed by atoms with E-state index in [1.54, 1.807) is 6.92 Å². The fraction of sp³-hybridized carbons (Fsp3) is 0.500. The van der Waals surface area contributed by atoms with Gasteiger partial charge >= 0.3 is 5.97 Å². The molecule has 0 aliphatic rings. The molecule has 0 aliphatic carbocycles. The van der Waals surface area contributed by atoms with Gasteiger partial charge in [0.15, 0.2) is 0 Å². The molecule has 0 aromatic heterocycles. The van der Waals surface area contributed by atoms with Crippen LogP contribution in [0.2, 0.25) is 0 Å². The number of ether oxygens (including phenoxy) is 1. The Bertz CT molecular complexity index is 498. The van der Waals surface area contributed by atoms with Crippen LogP contribution in [0.25, 0.3) is 0 Å². The Morgan fingerprint density at radius 1 is 1.25 bits per heavy atom. The number of nitrogens with one attached hydrogen (secondary N) is 1. The lowest BCUT2D eigenvalue weighted by Crippen LogP contribution is -2.31. The smallest absolute Gasteiger partial charge is 0.328 e. The quantitative estimate of drug-likeness (QED) is 0.656. The molecule has 0 bridgehead atoms. The van der Waals surface area contributed by atoms with Gasteiger partial charge in [0.1, 0.15) is 12.6 Å². The third-order valence-electron chi connectivity index (χ3n) is 3.04. The summed E-state index contributed by atoms with van der Waals surface area (Å²) in [6.45, 7) is 7.44. The van der Waals surface area contributed by atoms with Gasteiger partial charge in [-0.2, -0.15) is 0 Å². The normalized spacial score (nSPS) is 12.9. The molecule has 0 heterocycles. The van der Waals surface area contributed by atoms with Gasteiger partial charge in [-0.15, -0.1) is 0 Å². The summed E-state index contributed by atoms with van der Waals surface area (Å²) in [6.07, 6.45) is 0. The number of rotatable bonds is 4. The second kappa shape index (κ2) is 6.88. The van der Waals surface area contributed by atoms with Crippen LogP contribution in [0, 0.1) is 20.8 Å². The van der Waals surface area contributed by atoms with E-state index in [9.17, 15) is 4.79 Å². The molecule has 1 rings (SSSR count). The van der Waals surface area contributed by atoms with Crippen LogP contribution in [0.15, 0.2) is 12.1 Å². The zero-order chi connectivity index (χ0) is 15.5. The van der Waals surface area contributed by atoms with Gasteiger partial charge < -0.3 is 10.1 Å². The maximum Gasteiger partial charge on any atom is 0.328 e. The van der Waals surface area contributed by atoms with Crippen molar-refractivity contribution in [2.45, 2.75) is 37.5 Å². The van der Waals surface area contributed by atoms with Crippen molar-refractivity contribution in [3.63, 3.8) is 0 Å². The summed E-state index contributed by atoms with van der Waals surface area (Å²) in [5, 5.41) is 3.15. The molecule has 0 unspecified atom stereocenters. The molecule has 6 heteroatoms. The minimum Gasteiger partial charge on any atom is -0.460 e. The van der Waals surface area contributed by atoms with Gasteiger partial charge in [-0.3, -0.25) is 0 Å². The summed E-state index contributed by atoms with van der Waals surface area (Å²) in [5.74, 6) is -0.461. The Kier molecular flexibility index (Phi) is 5.99. The van der Waals surface area contributed by atoms with Crippen molar-refractivity contribution >= 4 is 46.5 Å². The number of esters is 1. The van der Waals surface area contributed by atoms with E-state index in [1.165, 1.54) is 0 Å². The first kappa shape index (κ1) is 17.4. The fourth-order valence-corrected chi connectivity index (χ4v) is 1.89. The molecule has 0 spiro atoms. The predicted molar refractivity (Wildman–Crippen MR) is 85.0 cm³/mol. The lowest BCUT2D eigenvalue weighted by Gasteiger charge is -2.20. The van der Waals surface area contributed by atoms with Gasteiger partial charge in [-0.05, 0) is 44.4 Å². The number of aryl methyl sites for hydroxylation is 2. The highest BCUT2D eigenvalue weighted by Gasteiger charge is 2.24. The number of carbonyl (C=O) groups excluding carboxylic acids is 1. The zero-order valence-electron chi connectivity index (χ0n) is 11.9. The van der Waals surface area contributed by atoms with Gasteiger partial charge in [0, 0.05) is 5.69 Å². The number of anilines is 1. The first-order valence-electron chi connectivity index (χ1n) is 6.18. The second-order valence-electron chi connectivity index (χ2n) is 4.79. The molecule has 20 heavy (non-hydrogen) atoms. The van der Waals surface area contributed by atoms with Gasteiger partial charge in [0.05, 0.1) is 0 Å². The third kappa shape index (κ3) is 5.04. The van der Waals surface area contributed by atoms with Gasteiger partial charge in [-0.1, -0.05) is 46.9 Å². The summed E-state index contributed by atoms with van der Waals surface area (Å²) in [4.78, 5) is 11.8. The lowest BCUT2D eigenvalue weighted by molar-refractivity contribution is -0.144. The molecule has 3 nitrogen and oxygen atoms in total. The number of hydrogen-bond donors (Lipinski definition) is 1. The minimum atomic E-state index is -1.59. The number of halogens is 3. The van der Waals surface area contributed by atoms with Crippen LogP contribution in [0.1, 0.15) is 23.6 Å². The van der Waals surface area contributed by atoms with E-state index in [0.29, 0.717) is 0 Å². The lowest BCUT2D eigenvalue weighted by atomic mass is 10.0. The molecular formula is C14H18Cl3NO2. The van der Waals surface area contributed by atoms with Crippen LogP contribution >= 0.6 is 34.8 Å². The molecule has 1 aromatic rings. The summed E-state index contributed by atoms with van der Waals surface area (Å²) >= 11 is 16.6. The van der Waals surface area contributed by atoms with E-state index in [0.717, 1.165) is 22.4 Å². The number of hydrogen-bond acceptors (Lipinski definition) is 3. The molecule has 0 saturated heterocycles. The number of alkyl halides is 3. The summed E-state index contributed by atoms with van der Waals surface area (Å²) in [6, 6.07) is 3.52. The topological polar surface area (TPSA) is 38.3 Å². The van der Waals surface area contributed by atoms with Crippen molar-refractivity contribution in [3.8, 4) is 0 Å². The van der Waals surface area contributed by atoms with Crippen LogP contribution in [0.3, 0.4) is 0 Å². The van der Waals surface area contributed by atoms with Crippen molar-refractivity contribution in [1.29, 1.82) is 0 Å². The Morgan fingerprint density at radius 3 is 2.35 bits per heavy atom. The van der Waals surface area contributed by atoms with Gasteiger partial charge in [0.2, 0.25) is 3.79 Å². The van der Waals surface area contributed by atoms with Crippen molar-refractivity contribution < 1.29 is 9.53 Å². The standard InChI is InChI=1S/C14H18Cl3NO2/c1-8-5-6-9(2)12(10(8)3)18-11(4)13(19)20-7-14(15,16)17/h5-6,11,18H,7H2,1-4H3/t11-/m0/s1. The van der Waals surface area contributed by atoms with Crippen molar-refractivity contribution in [2.75, 3.05) is 11.9 Å². The van der Waals surface area contributed by atoms with E-state index in [2.05, 4.69) is 5.32 Å². The van der Waals surface area contributed by atoms with Crippen LogP contribution < -0.4 is 5.32 Å². The second-order valence-corrected chi connectivity index (χ2v) is 7.30. The molecule has 0 saturated carbocycles. The molecule has 0 fully saturated rings. The molecular weight excluding hydrogens is 321 g/mol. The zero-order valence-corrected chi connectivity index (χ0v) is 14.2. The maximum absolute atomic E-state index is 11.8. The van der Waals surface area contributed by atoms with E-state index in [4.69, 9.17) is 39.5 Å². The highest BCUT2D eigenvalue weighted by atomic mass is 35.6. The SMILES string of the molecule is Cc1ccc(C)c(N[C@@H](C)C(=O)OCC(Cl)(Cl)Cl)c1C. The summed E-state index contributed by atoms with van der Waals surface area (Å²) < 4.78 is 3.36. The van der Waals surface area contributed by atoms with Crippen molar-refractivity contribution in [3.05, 3.63) is 28.8 Å². The third-order valence-corrected chi connectivity index (χ3v) is 3.36. The molecule has 0 radical (unpaired) electrons. The number of benzene rings is 1. The van der Waals surface area contributed by atoms with Crippen LogP contribution in [-0.2, 0) is 9.53 Å². The van der Waals surface area contributed by atoms with Crippen molar-refractivity contribution in [2.24, 2.45) is 0 Å². The highest BCUT2D eigenvalue weighted by molar-refractivity contribution is 6.67. The molecule has 0 aliphatic heterocycles. The van der Waals surface area contributed by atoms with Gasteiger partial charge in [-0.25, -0.2) is 4.79 Å². The average Bonchev–Trinajstić information content (AvgIpc) is 2.35. The summed E-state index contributed by atoms with van der Waals surface area (Å²) in [5.41, 5.74) is 4.25. The van der Waals surface area contributed by atoms with E-state index in [1.807, 2.05) is 32.9 Å². The first-order chi connectivity index (χ1) is 9.11. The van der Waals surface area contributed by atoms with Crippen LogP contribution in [0.5, 0.6) is 0 Å². The molecule has 1 aromatic carbocycles. The fourth-order valence-electron chi connectivity index (χ4n) is 1.73. The minimum absolute atomic E-state index is 0.270. The monoisotopic (exact) mass is 337 g/mol. The molecule has 1 atom stereocenters. The predicted octanol–water partition coefficient (Wildman–Crippen LogP) is 4.33. The molecule has 112 valence electrons. The van der Waals surface area contributed by atoms with E-state index >= 15 is 0 Å². The molecule has 0 amide bonds. The van der Waals surface area contributed by atoms with Crippen molar-refractivity contribution in [1.82, 2.24) is 0 Å². The number of carbonyl (C=O) groups is 1. The van der Waals surface area contributed by atoms with E-state index < -0.39 is 15.8 Å². The first-order valence-corrected chi connectivity index (χ1v) is 7.32.